The fourth-order valence-electron chi connectivity index (χ4n) is 1.26. The number of carboxylic acid groups (broad SMARTS) is 1. The maximum Gasteiger partial charge on any atom is 0.381 e. The maximum atomic E-state index is 9.10. The van der Waals surface area contributed by atoms with Crippen molar-refractivity contribution in [3.05, 3.63) is 60.7 Å². The van der Waals surface area contributed by atoms with Crippen LogP contribution in [-0.4, -0.2) is 19.2 Å². The molecular weight excluding hydrogens is 252 g/mol. The quantitative estimate of drug-likeness (QED) is 0.802. The second-order valence-corrected chi connectivity index (χ2v) is 4.05. The van der Waals surface area contributed by atoms with Crippen LogP contribution in [-0.2, 0) is 11.1 Å². The third-order valence-electron chi connectivity index (χ3n) is 2.02. The Morgan fingerprint density at radius 3 is 1.39 bits per heavy atom. The lowest BCUT2D eigenvalue weighted by molar-refractivity contribution is 0.218. The van der Waals surface area contributed by atoms with Gasteiger partial charge < -0.3 is 9.66 Å². The summed E-state index contributed by atoms with van der Waals surface area (Å²) in [4.78, 5) is 9.09. The zero-order chi connectivity index (χ0) is 13.4. The smallest absolute Gasteiger partial charge is 0.381 e. The van der Waals surface area contributed by atoms with Crippen molar-refractivity contribution >= 4 is 16.4 Å². The number of hydrogen-bond donors (Lipinski definition) is 1. The van der Waals surface area contributed by atoms with E-state index < -0.39 is 16.4 Å². The zero-order valence-corrected chi connectivity index (χ0v) is 10.2. The van der Waals surface area contributed by atoms with Gasteiger partial charge in [-0.1, -0.05) is 60.7 Å². The van der Waals surface area contributed by atoms with Crippen molar-refractivity contribution in [2.45, 2.75) is 0 Å². The first-order valence-corrected chi connectivity index (χ1v) is 6.11. The van der Waals surface area contributed by atoms with Gasteiger partial charge >= 0.3 is 5.30 Å². The molecule has 1 atom stereocenters. The van der Waals surface area contributed by atoms with Crippen LogP contribution < -0.4 is 0 Å². The SMILES string of the molecule is O=C(O)S(=O)[O-].c1ccc(-c2ccccc2)cc1. The van der Waals surface area contributed by atoms with E-state index in [1.165, 1.54) is 11.1 Å². The predicted molar refractivity (Wildman–Crippen MR) is 68.8 cm³/mol. The molecule has 0 spiro atoms. The predicted octanol–water partition coefficient (Wildman–Crippen LogP) is 2.90. The Bertz CT molecular complexity index is 462. The van der Waals surface area contributed by atoms with Gasteiger partial charge in [0.25, 0.3) is 0 Å². The molecule has 2 aromatic rings. The highest BCUT2D eigenvalue weighted by Gasteiger charge is 1.91. The first-order valence-electron chi connectivity index (χ1n) is 5.04. The van der Waals surface area contributed by atoms with Crippen LogP contribution in [0.2, 0.25) is 0 Å². The van der Waals surface area contributed by atoms with Gasteiger partial charge in [-0.05, 0) is 11.1 Å². The summed E-state index contributed by atoms with van der Waals surface area (Å²) >= 11 is -2.95. The van der Waals surface area contributed by atoms with Crippen LogP contribution in [0.25, 0.3) is 11.1 Å². The molecule has 0 fully saturated rings. The minimum Gasteiger partial charge on any atom is -0.764 e. The summed E-state index contributed by atoms with van der Waals surface area (Å²) in [6.07, 6.45) is 0. The van der Waals surface area contributed by atoms with Crippen molar-refractivity contribution in [1.29, 1.82) is 0 Å². The summed E-state index contributed by atoms with van der Waals surface area (Å²) in [6.45, 7) is 0. The van der Waals surface area contributed by atoms with Crippen LogP contribution in [0.1, 0.15) is 0 Å². The van der Waals surface area contributed by atoms with Gasteiger partial charge in [0.15, 0.2) is 0 Å². The van der Waals surface area contributed by atoms with E-state index in [0.717, 1.165) is 0 Å². The van der Waals surface area contributed by atoms with Crippen LogP contribution in [0, 0.1) is 0 Å². The zero-order valence-electron chi connectivity index (χ0n) is 9.35. The van der Waals surface area contributed by atoms with Crippen LogP contribution >= 0.6 is 0 Å². The van der Waals surface area contributed by atoms with Gasteiger partial charge in [0.1, 0.15) is 0 Å². The van der Waals surface area contributed by atoms with Crippen LogP contribution in [0.4, 0.5) is 4.79 Å². The monoisotopic (exact) mass is 263 g/mol. The molecule has 0 saturated heterocycles. The Kier molecular flexibility index (Phi) is 5.76. The van der Waals surface area contributed by atoms with E-state index in [1.54, 1.807) is 0 Å². The molecule has 5 heteroatoms. The number of rotatable bonds is 1. The molecule has 2 rings (SSSR count). The van der Waals surface area contributed by atoms with E-state index in [-0.39, 0.29) is 0 Å². The third kappa shape index (κ3) is 4.90. The normalized spacial score (nSPS) is 10.9. The lowest BCUT2D eigenvalue weighted by atomic mass is 10.1. The highest BCUT2D eigenvalue weighted by Crippen LogP contribution is 2.17. The Morgan fingerprint density at radius 2 is 1.17 bits per heavy atom. The van der Waals surface area contributed by atoms with Gasteiger partial charge in [0.05, 0.1) is 11.1 Å². The molecule has 1 unspecified atom stereocenters. The molecule has 4 nitrogen and oxygen atoms in total. The van der Waals surface area contributed by atoms with Crippen molar-refractivity contribution in [3.63, 3.8) is 0 Å². The van der Waals surface area contributed by atoms with Gasteiger partial charge in [-0.3, -0.25) is 4.21 Å². The highest BCUT2D eigenvalue weighted by molar-refractivity contribution is 7.94. The molecule has 0 aliphatic rings. The van der Waals surface area contributed by atoms with E-state index in [2.05, 4.69) is 48.5 Å². The first-order chi connectivity index (χ1) is 8.61. The maximum absolute atomic E-state index is 9.10. The number of benzene rings is 2. The standard InChI is InChI=1S/C12H10.CH2O4S/c1-3-7-11(8-4-1)12-9-5-2-6-10-12;2-1(3)6(4)5/h1-10H;(H,2,3)(H,4,5)/p-1. The molecule has 0 saturated carbocycles. The molecule has 2 aromatic carbocycles. The van der Waals surface area contributed by atoms with Gasteiger partial charge in [0.2, 0.25) is 0 Å². The van der Waals surface area contributed by atoms with E-state index in [0.29, 0.717) is 0 Å². The molecule has 0 amide bonds. The van der Waals surface area contributed by atoms with Gasteiger partial charge in [-0.2, -0.15) is 0 Å². The molecule has 18 heavy (non-hydrogen) atoms. The molecule has 0 aliphatic carbocycles. The molecule has 0 heterocycles. The van der Waals surface area contributed by atoms with E-state index in [9.17, 15) is 0 Å². The van der Waals surface area contributed by atoms with Crippen LogP contribution in [0.5, 0.6) is 0 Å². The second-order valence-electron chi connectivity index (χ2n) is 3.23. The number of hydrogen-bond acceptors (Lipinski definition) is 3. The van der Waals surface area contributed by atoms with E-state index in [4.69, 9.17) is 18.7 Å². The van der Waals surface area contributed by atoms with Crippen molar-refractivity contribution in [1.82, 2.24) is 0 Å². The largest absolute Gasteiger partial charge is 0.764 e. The lowest BCUT2D eigenvalue weighted by Crippen LogP contribution is -1.99. The lowest BCUT2D eigenvalue weighted by Gasteiger charge is -1.98. The summed E-state index contributed by atoms with van der Waals surface area (Å²) in [6, 6.07) is 20.8. The molecule has 0 aromatic heterocycles. The Balaban J connectivity index is 0.000000232. The van der Waals surface area contributed by atoms with Crippen LogP contribution in [0.15, 0.2) is 60.7 Å². The minimum absolute atomic E-state index is 1.28. The van der Waals surface area contributed by atoms with E-state index >= 15 is 0 Å². The Hall–Kier alpha value is -1.98. The topological polar surface area (TPSA) is 77.4 Å². The summed E-state index contributed by atoms with van der Waals surface area (Å²) in [5.74, 6) is 0. The van der Waals surface area contributed by atoms with Crippen molar-refractivity contribution in [2.24, 2.45) is 0 Å². The molecule has 94 valence electrons. The summed E-state index contributed by atoms with van der Waals surface area (Å²) in [7, 11) is 0. The molecule has 0 aliphatic heterocycles. The van der Waals surface area contributed by atoms with E-state index in [1.807, 2.05) is 12.1 Å². The molecular formula is C13H11O4S-. The fourth-order valence-corrected chi connectivity index (χ4v) is 1.26. The number of carbonyl (C=O) groups is 1. The molecule has 1 N–H and O–H groups in total. The summed E-state index contributed by atoms with van der Waals surface area (Å²) < 4.78 is 18.2. The average molecular weight is 263 g/mol. The Morgan fingerprint density at radius 1 is 0.889 bits per heavy atom. The first kappa shape index (κ1) is 14.1. The highest BCUT2D eigenvalue weighted by atomic mass is 32.2. The average Bonchev–Trinajstić information content (AvgIpc) is 2.41. The van der Waals surface area contributed by atoms with Gasteiger partial charge in [-0.25, -0.2) is 4.79 Å². The van der Waals surface area contributed by atoms with Crippen molar-refractivity contribution in [2.75, 3.05) is 0 Å². The van der Waals surface area contributed by atoms with Gasteiger partial charge in [0, 0.05) is 0 Å². The van der Waals surface area contributed by atoms with Crippen molar-refractivity contribution < 1.29 is 18.7 Å². The fraction of sp³-hybridized carbons (Fsp3) is 0. The molecule has 0 radical (unpaired) electrons. The summed E-state index contributed by atoms with van der Waals surface area (Å²) in [5.41, 5.74) is 2.55. The summed E-state index contributed by atoms with van der Waals surface area (Å²) in [5, 5.41) is 5.55. The minimum atomic E-state index is -2.95. The van der Waals surface area contributed by atoms with Gasteiger partial charge in [-0.15, -0.1) is 0 Å². The molecule has 0 bridgehead atoms. The third-order valence-corrected chi connectivity index (χ3v) is 2.31. The van der Waals surface area contributed by atoms with Crippen molar-refractivity contribution in [3.8, 4) is 11.1 Å². The Labute approximate surface area is 107 Å². The van der Waals surface area contributed by atoms with Crippen LogP contribution in [0.3, 0.4) is 0 Å². The second kappa shape index (κ2) is 7.37.